The number of hydrogen-bond donors (Lipinski definition) is 1. The number of carbonyl (C=O) groups is 2. The summed E-state index contributed by atoms with van der Waals surface area (Å²) in [6.45, 7) is 14.5. The highest BCUT2D eigenvalue weighted by Gasteiger charge is 2.35. The van der Waals surface area contributed by atoms with Gasteiger partial charge in [-0.05, 0) is 87.0 Å². The fourth-order valence-corrected chi connectivity index (χ4v) is 5.34. The minimum absolute atomic E-state index is 0.0739. The standard InChI is InChI=1S/C32H45NO4/c1-21(2)26-16-13-22(3)19-29(26)36-30(34)27(17-18-33-31(35)37-32(5,6)7)28-20-25(15-14-23(28)4)24-11-9-8-10-12-24/h8-12,14-15,20-22,26-27,29H,13,16-19H2,1-7H3,(H,33,35)/t22-,26+,27-,29-/m1/s1. The highest BCUT2D eigenvalue weighted by atomic mass is 16.6. The quantitative estimate of drug-likeness (QED) is 0.372. The van der Waals surface area contributed by atoms with Crippen LogP contribution in [0.3, 0.4) is 0 Å². The van der Waals surface area contributed by atoms with E-state index in [1.54, 1.807) is 0 Å². The van der Waals surface area contributed by atoms with E-state index in [4.69, 9.17) is 9.47 Å². The second kappa shape index (κ2) is 12.6. The van der Waals surface area contributed by atoms with E-state index in [-0.39, 0.29) is 12.1 Å². The van der Waals surface area contributed by atoms with Crippen LogP contribution in [0.25, 0.3) is 11.1 Å². The van der Waals surface area contributed by atoms with E-state index < -0.39 is 17.6 Å². The van der Waals surface area contributed by atoms with Gasteiger partial charge in [0.05, 0.1) is 5.92 Å². The topological polar surface area (TPSA) is 64.6 Å². The molecule has 1 aliphatic carbocycles. The van der Waals surface area contributed by atoms with Gasteiger partial charge in [-0.15, -0.1) is 0 Å². The van der Waals surface area contributed by atoms with Gasteiger partial charge in [0, 0.05) is 6.54 Å². The summed E-state index contributed by atoms with van der Waals surface area (Å²) in [6, 6.07) is 16.4. The van der Waals surface area contributed by atoms with Gasteiger partial charge in [0.2, 0.25) is 0 Å². The van der Waals surface area contributed by atoms with Crippen LogP contribution in [0.2, 0.25) is 0 Å². The van der Waals surface area contributed by atoms with E-state index in [2.05, 4.69) is 56.4 Å². The molecule has 0 heterocycles. The normalized spacial score (nSPS) is 20.8. The molecule has 0 bridgehead atoms. The van der Waals surface area contributed by atoms with Crippen molar-refractivity contribution >= 4 is 12.1 Å². The first-order valence-corrected chi connectivity index (χ1v) is 13.8. The van der Waals surface area contributed by atoms with E-state index in [1.807, 2.05) is 45.9 Å². The summed E-state index contributed by atoms with van der Waals surface area (Å²) in [5.74, 6) is 0.689. The van der Waals surface area contributed by atoms with Gasteiger partial charge in [-0.1, -0.05) is 75.7 Å². The molecule has 5 nitrogen and oxygen atoms in total. The van der Waals surface area contributed by atoms with E-state index in [0.29, 0.717) is 30.7 Å². The Morgan fingerprint density at radius 2 is 1.73 bits per heavy atom. The van der Waals surface area contributed by atoms with Gasteiger partial charge in [-0.25, -0.2) is 4.79 Å². The molecule has 3 rings (SSSR count). The highest BCUT2D eigenvalue weighted by molar-refractivity contribution is 5.80. The van der Waals surface area contributed by atoms with Crippen LogP contribution in [-0.2, 0) is 14.3 Å². The number of carbonyl (C=O) groups excluding carboxylic acids is 2. The lowest BCUT2D eigenvalue weighted by Crippen LogP contribution is -2.38. The summed E-state index contributed by atoms with van der Waals surface area (Å²) < 4.78 is 11.7. The zero-order valence-electron chi connectivity index (χ0n) is 23.7. The van der Waals surface area contributed by atoms with Crippen LogP contribution >= 0.6 is 0 Å². The van der Waals surface area contributed by atoms with E-state index in [1.165, 1.54) is 6.42 Å². The minimum atomic E-state index is -0.577. The molecule has 1 N–H and O–H groups in total. The second-order valence-electron chi connectivity index (χ2n) is 12.0. The Hall–Kier alpha value is -2.82. The number of benzene rings is 2. The molecule has 0 radical (unpaired) electrons. The van der Waals surface area contributed by atoms with Gasteiger partial charge in [-0.3, -0.25) is 4.79 Å². The number of esters is 1. The molecule has 1 fully saturated rings. The van der Waals surface area contributed by atoms with E-state index in [9.17, 15) is 9.59 Å². The van der Waals surface area contributed by atoms with E-state index in [0.717, 1.165) is 35.1 Å². The number of aryl methyl sites for hydroxylation is 1. The number of rotatable bonds is 8. The maximum Gasteiger partial charge on any atom is 0.407 e. The van der Waals surface area contributed by atoms with Crippen molar-refractivity contribution in [1.29, 1.82) is 0 Å². The van der Waals surface area contributed by atoms with Crippen LogP contribution in [0.1, 0.15) is 84.3 Å². The lowest BCUT2D eigenvalue weighted by atomic mass is 9.75. The van der Waals surface area contributed by atoms with Gasteiger partial charge in [0.1, 0.15) is 11.7 Å². The SMILES string of the molecule is Cc1ccc(-c2ccccc2)cc1[C@@H](CCNC(=O)OC(C)(C)C)C(=O)O[C@@H]1C[C@H](C)CC[C@H]1C(C)C. The number of hydrogen-bond acceptors (Lipinski definition) is 4. The third kappa shape index (κ3) is 8.34. The molecule has 1 amide bonds. The maximum atomic E-state index is 13.8. The molecule has 0 aliphatic heterocycles. The van der Waals surface area contributed by atoms with Crippen LogP contribution in [0.4, 0.5) is 4.79 Å². The number of alkyl carbamates (subject to hydrolysis) is 1. The van der Waals surface area contributed by atoms with Gasteiger partial charge in [0.15, 0.2) is 0 Å². The summed E-state index contributed by atoms with van der Waals surface area (Å²) in [7, 11) is 0. The Balaban J connectivity index is 1.86. The molecule has 1 saturated carbocycles. The van der Waals surface area contributed by atoms with Gasteiger partial charge < -0.3 is 14.8 Å². The average Bonchev–Trinajstić information content (AvgIpc) is 2.81. The molecule has 0 unspecified atom stereocenters. The number of amides is 1. The second-order valence-corrected chi connectivity index (χ2v) is 12.0. The fourth-order valence-electron chi connectivity index (χ4n) is 5.34. The van der Waals surface area contributed by atoms with E-state index >= 15 is 0 Å². The molecule has 2 aromatic carbocycles. The van der Waals surface area contributed by atoms with Crippen molar-refractivity contribution in [2.75, 3.05) is 6.54 Å². The Morgan fingerprint density at radius 1 is 1.03 bits per heavy atom. The van der Waals surface area contributed by atoms with Crippen LogP contribution in [0.5, 0.6) is 0 Å². The van der Waals surface area contributed by atoms with Crippen molar-refractivity contribution in [3.8, 4) is 11.1 Å². The molecular weight excluding hydrogens is 462 g/mol. The molecule has 0 saturated heterocycles. The summed E-state index contributed by atoms with van der Waals surface area (Å²) in [5, 5.41) is 2.83. The molecule has 0 spiro atoms. The zero-order chi connectivity index (χ0) is 27.2. The smallest absolute Gasteiger partial charge is 0.407 e. The molecule has 1 aliphatic rings. The zero-order valence-corrected chi connectivity index (χ0v) is 23.7. The van der Waals surface area contributed by atoms with Gasteiger partial charge in [-0.2, -0.15) is 0 Å². The Labute approximate surface area is 223 Å². The van der Waals surface area contributed by atoms with Gasteiger partial charge >= 0.3 is 12.1 Å². The first-order chi connectivity index (χ1) is 17.4. The number of ether oxygens (including phenoxy) is 2. The lowest BCUT2D eigenvalue weighted by molar-refractivity contribution is -0.158. The molecule has 5 heteroatoms. The first-order valence-electron chi connectivity index (χ1n) is 13.8. The van der Waals surface area contributed by atoms with Crippen LogP contribution < -0.4 is 5.32 Å². The first kappa shape index (κ1) is 28.7. The summed E-state index contributed by atoms with van der Waals surface area (Å²) in [5.41, 5.74) is 3.57. The van der Waals surface area contributed by atoms with Crippen LogP contribution in [0.15, 0.2) is 48.5 Å². The maximum absolute atomic E-state index is 13.8. The summed E-state index contributed by atoms with van der Waals surface area (Å²) in [4.78, 5) is 26.1. The molecular formula is C32H45NO4. The number of nitrogens with one attached hydrogen (secondary N) is 1. The largest absolute Gasteiger partial charge is 0.462 e. The predicted octanol–water partition coefficient (Wildman–Crippen LogP) is 7.66. The molecule has 0 aromatic heterocycles. The Kier molecular flexibility index (Phi) is 9.80. The van der Waals surface area contributed by atoms with Crippen LogP contribution in [-0.4, -0.2) is 30.3 Å². The third-order valence-electron chi connectivity index (χ3n) is 7.38. The van der Waals surface area contributed by atoms with Crippen molar-refractivity contribution in [1.82, 2.24) is 5.32 Å². The Morgan fingerprint density at radius 3 is 2.38 bits per heavy atom. The molecule has 37 heavy (non-hydrogen) atoms. The van der Waals surface area contributed by atoms with Crippen molar-refractivity contribution in [3.63, 3.8) is 0 Å². The average molecular weight is 508 g/mol. The minimum Gasteiger partial charge on any atom is -0.462 e. The molecule has 202 valence electrons. The lowest BCUT2D eigenvalue weighted by Gasteiger charge is -2.37. The van der Waals surface area contributed by atoms with Crippen LogP contribution in [0, 0.1) is 24.7 Å². The monoisotopic (exact) mass is 507 g/mol. The molecule has 4 atom stereocenters. The highest BCUT2D eigenvalue weighted by Crippen LogP contribution is 2.37. The summed E-state index contributed by atoms with van der Waals surface area (Å²) >= 11 is 0. The molecule has 2 aromatic rings. The van der Waals surface area contributed by atoms with Crippen molar-refractivity contribution in [2.24, 2.45) is 17.8 Å². The predicted molar refractivity (Wildman–Crippen MR) is 149 cm³/mol. The fraction of sp³-hybridized carbons (Fsp3) is 0.562. The Bertz CT molecular complexity index is 1040. The summed E-state index contributed by atoms with van der Waals surface area (Å²) in [6.07, 6.45) is 3.06. The van der Waals surface area contributed by atoms with Crippen molar-refractivity contribution in [3.05, 3.63) is 59.7 Å². The van der Waals surface area contributed by atoms with Crippen molar-refractivity contribution in [2.45, 2.75) is 91.8 Å². The third-order valence-corrected chi connectivity index (χ3v) is 7.38. The van der Waals surface area contributed by atoms with Gasteiger partial charge in [0.25, 0.3) is 0 Å². The van der Waals surface area contributed by atoms with Crippen molar-refractivity contribution < 1.29 is 19.1 Å².